The van der Waals surface area contributed by atoms with Crippen molar-refractivity contribution >= 4 is 35.0 Å². The van der Waals surface area contributed by atoms with Crippen LogP contribution in [0.5, 0.6) is 11.5 Å². The molecule has 7 heteroatoms. The van der Waals surface area contributed by atoms with Gasteiger partial charge < -0.3 is 14.8 Å². The quantitative estimate of drug-likeness (QED) is 0.746. The number of hydrogen-bond acceptors (Lipinski definition) is 5. The summed E-state index contributed by atoms with van der Waals surface area (Å²) in [6.07, 6.45) is 5.42. The average molecular weight is 439 g/mol. The molecule has 1 saturated carbocycles. The Morgan fingerprint density at radius 2 is 1.81 bits per heavy atom. The van der Waals surface area contributed by atoms with Crippen molar-refractivity contribution in [1.82, 2.24) is 0 Å². The van der Waals surface area contributed by atoms with Gasteiger partial charge in [-0.1, -0.05) is 31.4 Å². The SMILES string of the molecule is O=C(Nc1cccc([C@H]2SCC(=O)N2c2ccc3c(c2)OCCO3)c1)C1CCCCC1. The highest BCUT2D eigenvalue weighted by Gasteiger charge is 2.35. The van der Waals surface area contributed by atoms with Crippen LogP contribution < -0.4 is 19.7 Å². The third-order valence-corrected chi connectivity index (χ3v) is 7.30. The zero-order valence-corrected chi connectivity index (χ0v) is 18.2. The van der Waals surface area contributed by atoms with Crippen LogP contribution in [0.15, 0.2) is 42.5 Å². The first-order chi connectivity index (χ1) is 15.2. The third-order valence-electron chi connectivity index (χ3n) is 6.09. The summed E-state index contributed by atoms with van der Waals surface area (Å²) in [4.78, 5) is 27.2. The number of thioether (sulfide) groups is 1. The van der Waals surface area contributed by atoms with Gasteiger partial charge in [-0.15, -0.1) is 11.8 Å². The van der Waals surface area contributed by atoms with Crippen LogP contribution in [-0.4, -0.2) is 30.8 Å². The van der Waals surface area contributed by atoms with Gasteiger partial charge in [0.2, 0.25) is 11.8 Å². The lowest BCUT2D eigenvalue weighted by molar-refractivity contribution is -0.120. The van der Waals surface area contributed by atoms with Crippen molar-refractivity contribution in [3.05, 3.63) is 48.0 Å². The van der Waals surface area contributed by atoms with Crippen molar-refractivity contribution in [2.45, 2.75) is 37.5 Å². The Bertz CT molecular complexity index is 989. The van der Waals surface area contributed by atoms with Crippen molar-refractivity contribution in [3.8, 4) is 11.5 Å². The minimum absolute atomic E-state index is 0.0586. The number of nitrogens with one attached hydrogen (secondary N) is 1. The molecule has 0 unspecified atom stereocenters. The monoisotopic (exact) mass is 438 g/mol. The summed E-state index contributed by atoms with van der Waals surface area (Å²) in [5.74, 6) is 2.06. The predicted molar refractivity (Wildman–Crippen MR) is 122 cm³/mol. The molecule has 6 nitrogen and oxygen atoms in total. The van der Waals surface area contributed by atoms with Gasteiger partial charge in [0.1, 0.15) is 18.6 Å². The van der Waals surface area contributed by atoms with Crippen molar-refractivity contribution in [3.63, 3.8) is 0 Å². The van der Waals surface area contributed by atoms with Crippen LogP contribution >= 0.6 is 11.8 Å². The third kappa shape index (κ3) is 4.24. The van der Waals surface area contributed by atoms with E-state index in [2.05, 4.69) is 5.32 Å². The maximum absolute atomic E-state index is 12.8. The van der Waals surface area contributed by atoms with E-state index >= 15 is 0 Å². The first-order valence-electron chi connectivity index (χ1n) is 10.9. The fourth-order valence-electron chi connectivity index (χ4n) is 4.51. The normalized spacial score (nSPS) is 21.2. The molecule has 0 radical (unpaired) electrons. The molecule has 2 aromatic carbocycles. The molecule has 0 bridgehead atoms. The molecule has 2 heterocycles. The lowest BCUT2D eigenvalue weighted by Gasteiger charge is -2.27. The Morgan fingerprint density at radius 3 is 2.65 bits per heavy atom. The first kappa shape index (κ1) is 20.2. The Balaban J connectivity index is 1.37. The number of carbonyl (C=O) groups excluding carboxylic acids is 2. The van der Waals surface area contributed by atoms with E-state index in [1.165, 1.54) is 6.42 Å². The summed E-state index contributed by atoms with van der Waals surface area (Å²) in [6, 6.07) is 13.5. The number of fused-ring (bicyclic) bond motifs is 1. The minimum atomic E-state index is -0.151. The number of ether oxygens (including phenoxy) is 2. The molecule has 3 aliphatic rings. The molecule has 5 rings (SSSR count). The molecule has 2 amide bonds. The number of benzene rings is 2. The fourth-order valence-corrected chi connectivity index (χ4v) is 5.68. The van der Waals surface area contributed by atoms with Crippen LogP contribution in [0.1, 0.15) is 43.0 Å². The molecule has 0 spiro atoms. The smallest absolute Gasteiger partial charge is 0.238 e. The van der Waals surface area contributed by atoms with Gasteiger partial charge >= 0.3 is 0 Å². The zero-order chi connectivity index (χ0) is 21.2. The second-order valence-corrected chi connectivity index (χ2v) is 9.27. The molecule has 162 valence electrons. The number of anilines is 2. The Labute approximate surface area is 186 Å². The number of rotatable bonds is 4. The van der Waals surface area contributed by atoms with Gasteiger partial charge in [-0.2, -0.15) is 0 Å². The van der Waals surface area contributed by atoms with Crippen molar-refractivity contribution in [1.29, 1.82) is 0 Å². The van der Waals surface area contributed by atoms with Gasteiger partial charge in [-0.25, -0.2) is 0 Å². The van der Waals surface area contributed by atoms with E-state index in [1.807, 2.05) is 47.4 Å². The number of hydrogen-bond donors (Lipinski definition) is 1. The van der Waals surface area contributed by atoms with E-state index in [0.717, 1.165) is 42.6 Å². The predicted octanol–water partition coefficient (Wildman–Crippen LogP) is 4.76. The molecule has 1 atom stereocenters. The highest BCUT2D eigenvalue weighted by Crippen LogP contribution is 2.44. The maximum Gasteiger partial charge on any atom is 0.238 e. The molecule has 2 aliphatic heterocycles. The Hall–Kier alpha value is -2.67. The second kappa shape index (κ2) is 8.83. The lowest BCUT2D eigenvalue weighted by Crippen LogP contribution is -2.28. The molecular weight excluding hydrogens is 412 g/mol. The van der Waals surface area contributed by atoms with Gasteiger partial charge in [-0.05, 0) is 42.7 Å². The van der Waals surface area contributed by atoms with Crippen LogP contribution in [-0.2, 0) is 9.59 Å². The van der Waals surface area contributed by atoms with Gasteiger partial charge in [0, 0.05) is 23.4 Å². The molecule has 1 aliphatic carbocycles. The van der Waals surface area contributed by atoms with E-state index in [4.69, 9.17) is 9.47 Å². The topological polar surface area (TPSA) is 67.9 Å². The highest BCUT2D eigenvalue weighted by atomic mass is 32.2. The van der Waals surface area contributed by atoms with Crippen molar-refractivity contribution < 1.29 is 19.1 Å². The average Bonchev–Trinajstić information content (AvgIpc) is 3.21. The highest BCUT2D eigenvalue weighted by molar-refractivity contribution is 8.00. The number of amides is 2. The van der Waals surface area contributed by atoms with Crippen LogP contribution in [0.2, 0.25) is 0 Å². The minimum Gasteiger partial charge on any atom is -0.486 e. The van der Waals surface area contributed by atoms with E-state index in [1.54, 1.807) is 11.8 Å². The number of carbonyl (C=O) groups is 2. The lowest BCUT2D eigenvalue weighted by atomic mass is 9.88. The summed E-state index contributed by atoms with van der Waals surface area (Å²) in [6.45, 7) is 1.04. The molecule has 1 saturated heterocycles. The number of nitrogens with zero attached hydrogens (tertiary/aromatic N) is 1. The largest absolute Gasteiger partial charge is 0.486 e. The van der Waals surface area contributed by atoms with Gasteiger partial charge in [0.25, 0.3) is 0 Å². The summed E-state index contributed by atoms with van der Waals surface area (Å²) >= 11 is 1.59. The van der Waals surface area contributed by atoms with E-state index in [-0.39, 0.29) is 23.1 Å². The van der Waals surface area contributed by atoms with Crippen LogP contribution in [0.4, 0.5) is 11.4 Å². The Kier molecular flexibility index (Phi) is 5.76. The van der Waals surface area contributed by atoms with E-state index in [0.29, 0.717) is 30.5 Å². The Morgan fingerprint density at radius 1 is 1.00 bits per heavy atom. The molecule has 2 aromatic rings. The van der Waals surface area contributed by atoms with Crippen molar-refractivity contribution in [2.75, 3.05) is 29.2 Å². The molecule has 31 heavy (non-hydrogen) atoms. The second-order valence-electron chi connectivity index (χ2n) is 8.20. The summed E-state index contributed by atoms with van der Waals surface area (Å²) < 4.78 is 11.3. The molecule has 0 aromatic heterocycles. The summed E-state index contributed by atoms with van der Waals surface area (Å²) in [5.41, 5.74) is 2.57. The van der Waals surface area contributed by atoms with Crippen molar-refractivity contribution in [2.24, 2.45) is 5.92 Å². The standard InChI is InChI=1S/C24H26N2O4S/c27-22-15-31-24(26(22)19-9-10-20-21(14-19)30-12-11-29-20)17-7-4-8-18(13-17)25-23(28)16-5-2-1-3-6-16/h4,7-10,13-14,16,24H,1-3,5-6,11-12,15H2,(H,25,28)/t24-/m1/s1. The van der Waals surface area contributed by atoms with Crippen LogP contribution in [0, 0.1) is 5.92 Å². The van der Waals surface area contributed by atoms with Gasteiger partial charge in [0.05, 0.1) is 5.75 Å². The van der Waals surface area contributed by atoms with Crippen LogP contribution in [0.25, 0.3) is 0 Å². The zero-order valence-electron chi connectivity index (χ0n) is 17.3. The van der Waals surface area contributed by atoms with Gasteiger partial charge in [-0.3, -0.25) is 14.5 Å². The first-order valence-corrected chi connectivity index (χ1v) is 12.0. The fraction of sp³-hybridized carbons (Fsp3) is 0.417. The van der Waals surface area contributed by atoms with Gasteiger partial charge in [0.15, 0.2) is 11.5 Å². The maximum atomic E-state index is 12.8. The summed E-state index contributed by atoms with van der Waals surface area (Å²) in [7, 11) is 0. The van der Waals surface area contributed by atoms with E-state index in [9.17, 15) is 9.59 Å². The molecule has 2 fully saturated rings. The molecular formula is C24H26N2O4S. The molecule has 1 N–H and O–H groups in total. The van der Waals surface area contributed by atoms with E-state index < -0.39 is 0 Å². The van der Waals surface area contributed by atoms with Crippen LogP contribution in [0.3, 0.4) is 0 Å². The summed E-state index contributed by atoms with van der Waals surface area (Å²) in [5, 5.41) is 2.94.